The largest absolute Gasteiger partial charge is 0.478 e. The van der Waals surface area contributed by atoms with Crippen LogP contribution in [0.2, 0.25) is 5.15 Å². The number of thiophene rings is 1. The van der Waals surface area contributed by atoms with Gasteiger partial charge in [0.15, 0.2) is 5.15 Å². The number of aromatic nitrogens is 2. The summed E-state index contributed by atoms with van der Waals surface area (Å²) < 4.78 is 0. The molecule has 4 nitrogen and oxygen atoms in total. The van der Waals surface area contributed by atoms with Crippen molar-refractivity contribution >= 4 is 28.9 Å². The molecule has 2 heterocycles. The van der Waals surface area contributed by atoms with E-state index in [9.17, 15) is 4.79 Å². The van der Waals surface area contributed by atoms with Gasteiger partial charge in [0.25, 0.3) is 0 Å². The zero-order valence-electron chi connectivity index (χ0n) is 7.35. The molecular weight excluding hydrogens is 236 g/mol. The molecule has 0 unspecified atom stereocenters. The molecular formula is C9H5ClN2O2S. The zero-order chi connectivity index (χ0) is 10.8. The van der Waals surface area contributed by atoms with Crippen molar-refractivity contribution in [1.82, 2.24) is 10.2 Å². The van der Waals surface area contributed by atoms with E-state index in [2.05, 4.69) is 10.2 Å². The van der Waals surface area contributed by atoms with Crippen LogP contribution in [-0.2, 0) is 0 Å². The Labute approximate surface area is 94.2 Å². The number of hydrogen-bond acceptors (Lipinski definition) is 4. The first-order valence-corrected chi connectivity index (χ1v) is 5.24. The van der Waals surface area contributed by atoms with Gasteiger partial charge in [0, 0.05) is 0 Å². The predicted octanol–water partition coefficient (Wildman–Crippen LogP) is 2.56. The minimum Gasteiger partial charge on any atom is -0.478 e. The summed E-state index contributed by atoms with van der Waals surface area (Å²) in [4.78, 5) is 11.7. The smallest absolute Gasteiger partial charge is 0.338 e. The number of halogens is 1. The maximum Gasteiger partial charge on any atom is 0.338 e. The number of carbonyl (C=O) groups is 1. The van der Waals surface area contributed by atoms with E-state index in [1.165, 1.54) is 17.4 Å². The summed E-state index contributed by atoms with van der Waals surface area (Å²) in [6.45, 7) is 0. The van der Waals surface area contributed by atoms with E-state index in [0.717, 1.165) is 4.88 Å². The van der Waals surface area contributed by atoms with Crippen LogP contribution in [0.3, 0.4) is 0 Å². The molecule has 2 aromatic rings. The summed E-state index contributed by atoms with van der Waals surface area (Å²) in [5, 5.41) is 18.1. The molecule has 1 N–H and O–H groups in total. The van der Waals surface area contributed by atoms with Gasteiger partial charge in [0.2, 0.25) is 0 Å². The van der Waals surface area contributed by atoms with Gasteiger partial charge in [-0.25, -0.2) is 4.79 Å². The molecule has 0 aromatic carbocycles. The van der Waals surface area contributed by atoms with Gasteiger partial charge < -0.3 is 5.11 Å². The average molecular weight is 241 g/mol. The van der Waals surface area contributed by atoms with E-state index in [0.29, 0.717) is 5.69 Å². The number of carboxylic acid groups (broad SMARTS) is 1. The summed E-state index contributed by atoms with van der Waals surface area (Å²) >= 11 is 7.07. The van der Waals surface area contributed by atoms with Gasteiger partial charge >= 0.3 is 5.97 Å². The summed E-state index contributed by atoms with van der Waals surface area (Å²) in [6, 6.07) is 5.12. The standard InChI is InChI=1S/C9H5ClN2O2S/c10-8-5(9(13)14)4-6(11-12-8)7-2-1-3-15-7/h1-4H,(H,13,14). The molecule has 0 saturated carbocycles. The maximum absolute atomic E-state index is 10.8. The first-order chi connectivity index (χ1) is 7.18. The second kappa shape index (κ2) is 3.96. The number of hydrogen-bond donors (Lipinski definition) is 1. The zero-order valence-corrected chi connectivity index (χ0v) is 8.92. The molecule has 15 heavy (non-hydrogen) atoms. The van der Waals surface area contributed by atoms with Crippen molar-refractivity contribution in [3.05, 3.63) is 34.3 Å². The van der Waals surface area contributed by atoms with Crippen molar-refractivity contribution in [3.63, 3.8) is 0 Å². The molecule has 0 amide bonds. The fourth-order valence-electron chi connectivity index (χ4n) is 1.07. The van der Waals surface area contributed by atoms with Crippen LogP contribution in [0.15, 0.2) is 23.6 Å². The third-order valence-electron chi connectivity index (χ3n) is 1.75. The van der Waals surface area contributed by atoms with Gasteiger partial charge in [-0.2, -0.15) is 0 Å². The summed E-state index contributed by atoms with van der Waals surface area (Å²) in [5.74, 6) is -1.10. The van der Waals surface area contributed by atoms with Gasteiger partial charge in [-0.1, -0.05) is 17.7 Å². The number of rotatable bonds is 2. The monoisotopic (exact) mass is 240 g/mol. The number of nitrogens with zero attached hydrogens (tertiary/aromatic N) is 2. The first-order valence-electron chi connectivity index (χ1n) is 3.99. The Morgan fingerprint density at radius 1 is 1.47 bits per heavy atom. The molecule has 0 atom stereocenters. The Kier molecular flexibility index (Phi) is 2.66. The third kappa shape index (κ3) is 1.98. The lowest BCUT2D eigenvalue weighted by Gasteiger charge is -1.99. The topological polar surface area (TPSA) is 63.1 Å². The van der Waals surface area contributed by atoms with Gasteiger partial charge in [0.05, 0.1) is 4.88 Å². The van der Waals surface area contributed by atoms with Crippen LogP contribution in [0.4, 0.5) is 0 Å². The second-order valence-corrected chi connectivity index (χ2v) is 4.02. The molecule has 0 radical (unpaired) electrons. The average Bonchev–Trinajstić information content (AvgIpc) is 2.71. The summed E-state index contributed by atoms with van der Waals surface area (Å²) in [5.41, 5.74) is 0.488. The van der Waals surface area contributed by atoms with Gasteiger partial charge in [0.1, 0.15) is 11.3 Å². The van der Waals surface area contributed by atoms with E-state index >= 15 is 0 Å². The quantitative estimate of drug-likeness (QED) is 0.876. The van der Waals surface area contributed by atoms with Crippen molar-refractivity contribution in [3.8, 4) is 10.6 Å². The molecule has 6 heteroatoms. The van der Waals surface area contributed by atoms with E-state index in [1.807, 2.05) is 17.5 Å². The molecule has 2 aromatic heterocycles. The van der Waals surface area contributed by atoms with Crippen LogP contribution in [0.1, 0.15) is 10.4 Å². The fraction of sp³-hybridized carbons (Fsp3) is 0. The lowest BCUT2D eigenvalue weighted by molar-refractivity contribution is 0.0696. The van der Waals surface area contributed by atoms with Crippen molar-refractivity contribution in [1.29, 1.82) is 0 Å². The Hall–Kier alpha value is -1.46. The predicted molar refractivity (Wildman–Crippen MR) is 57.3 cm³/mol. The molecule has 0 saturated heterocycles. The highest BCUT2D eigenvalue weighted by molar-refractivity contribution is 7.13. The highest BCUT2D eigenvalue weighted by atomic mass is 35.5. The minimum absolute atomic E-state index is 0.0323. The Balaban J connectivity index is 2.52. The fourth-order valence-corrected chi connectivity index (χ4v) is 1.93. The van der Waals surface area contributed by atoms with Crippen molar-refractivity contribution in [2.75, 3.05) is 0 Å². The lowest BCUT2D eigenvalue weighted by Crippen LogP contribution is -2.01. The van der Waals surface area contributed by atoms with Crippen molar-refractivity contribution in [2.45, 2.75) is 0 Å². The van der Waals surface area contributed by atoms with Crippen LogP contribution in [0, 0.1) is 0 Å². The van der Waals surface area contributed by atoms with E-state index in [1.54, 1.807) is 0 Å². The molecule has 0 aliphatic carbocycles. The van der Waals surface area contributed by atoms with Crippen molar-refractivity contribution in [2.24, 2.45) is 0 Å². The van der Waals surface area contributed by atoms with Crippen LogP contribution in [0.5, 0.6) is 0 Å². The minimum atomic E-state index is -1.10. The van der Waals surface area contributed by atoms with Gasteiger partial charge in [-0.3, -0.25) is 0 Å². The van der Waals surface area contributed by atoms with Crippen LogP contribution in [0.25, 0.3) is 10.6 Å². The van der Waals surface area contributed by atoms with Crippen LogP contribution in [-0.4, -0.2) is 21.3 Å². The van der Waals surface area contributed by atoms with Crippen LogP contribution >= 0.6 is 22.9 Å². The Bertz CT molecular complexity index is 499. The van der Waals surface area contributed by atoms with E-state index < -0.39 is 5.97 Å². The van der Waals surface area contributed by atoms with Crippen LogP contribution < -0.4 is 0 Å². The summed E-state index contributed by atoms with van der Waals surface area (Å²) in [6.07, 6.45) is 0. The lowest BCUT2D eigenvalue weighted by atomic mass is 10.2. The maximum atomic E-state index is 10.8. The van der Waals surface area contributed by atoms with Gasteiger partial charge in [-0.15, -0.1) is 21.5 Å². The molecule has 76 valence electrons. The normalized spacial score (nSPS) is 10.2. The molecule has 2 rings (SSSR count). The Morgan fingerprint density at radius 3 is 2.87 bits per heavy atom. The molecule has 0 bridgehead atoms. The molecule has 0 fully saturated rings. The van der Waals surface area contributed by atoms with E-state index in [4.69, 9.17) is 16.7 Å². The Morgan fingerprint density at radius 2 is 2.27 bits per heavy atom. The van der Waals surface area contributed by atoms with Gasteiger partial charge in [-0.05, 0) is 17.5 Å². The first kappa shape index (κ1) is 10.1. The SMILES string of the molecule is O=C(O)c1cc(-c2cccs2)nnc1Cl. The number of carboxylic acids is 1. The summed E-state index contributed by atoms with van der Waals surface area (Å²) in [7, 11) is 0. The second-order valence-electron chi connectivity index (χ2n) is 2.72. The highest BCUT2D eigenvalue weighted by Gasteiger charge is 2.13. The number of aromatic carboxylic acids is 1. The molecule has 0 aliphatic rings. The van der Waals surface area contributed by atoms with E-state index in [-0.39, 0.29) is 10.7 Å². The third-order valence-corrected chi connectivity index (χ3v) is 2.92. The molecule has 0 spiro atoms. The highest BCUT2D eigenvalue weighted by Crippen LogP contribution is 2.24. The van der Waals surface area contributed by atoms with Crippen molar-refractivity contribution < 1.29 is 9.90 Å². The molecule has 0 aliphatic heterocycles.